The van der Waals surface area contributed by atoms with Crippen LogP contribution >= 0.6 is 0 Å². The van der Waals surface area contributed by atoms with Crippen LogP contribution in [0.15, 0.2) is 36.4 Å². The van der Waals surface area contributed by atoms with Crippen molar-refractivity contribution in [3.05, 3.63) is 47.5 Å². The maximum atomic E-state index is 12.2. The van der Waals surface area contributed by atoms with Gasteiger partial charge in [0.05, 0.1) is 7.11 Å². The first kappa shape index (κ1) is 19.5. The Kier molecular flexibility index (Phi) is 5.28. The molecule has 6 heteroatoms. The highest BCUT2D eigenvalue weighted by atomic mass is 16.5. The number of nitrogens with zero attached hydrogens (tertiary/aromatic N) is 1. The third kappa shape index (κ3) is 3.38. The maximum absolute atomic E-state index is 12.2. The van der Waals surface area contributed by atoms with Gasteiger partial charge in [-0.25, -0.2) is 4.79 Å². The summed E-state index contributed by atoms with van der Waals surface area (Å²) in [4.78, 5) is 24.3. The highest BCUT2D eigenvalue weighted by Crippen LogP contribution is 2.38. The molecule has 0 saturated heterocycles. The summed E-state index contributed by atoms with van der Waals surface area (Å²) in [5, 5.41) is 12.0. The lowest BCUT2D eigenvalue weighted by Crippen LogP contribution is -2.15. The lowest BCUT2D eigenvalue weighted by atomic mass is 9.89. The lowest BCUT2D eigenvalue weighted by molar-refractivity contribution is -0.150. The molecule has 4 rings (SSSR count). The summed E-state index contributed by atoms with van der Waals surface area (Å²) in [6, 6.07) is 11.0. The van der Waals surface area contributed by atoms with Gasteiger partial charge in [-0.05, 0) is 37.0 Å². The van der Waals surface area contributed by atoms with Gasteiger partial charge in [0, 0.05) is 39.5 Å². The van der Waals surface area contributed by atoms with E-state index in [1.807, 2.05) is 24.3 Å². The number of hydrogen-bond acceptors (Lipinski definition) is 4. The van der Waals surface area contributed by atoms with Crippen LogP contribution in [0.5, 0.6) is 0 Å². The fourth-order valence-corrected chi connectivity index (χ4v) is 4.71. The molecule has 1 unspecified atom stereocenters. The van der Waals surface area contributed by atoms with Gasteiger partial charge in [-0.2, -0.15) is 0 Å². The summed E-state index contributed by atoms with van der Waals surface area (Å²) in [6.07, 6.45) is 4.69. The number of carbonyl (C=O) groups is 2. The van der Waals surface area contributed by atoms with Crippen molar-refractivity contribution in [2.24, 2.45) is 11.7 Å². The standard InChI is InChI=1S/C23H26N2O4/c1-29-23(28)21(26)15-9-5-11-17-19(15)20-16(22(24)27)10-6-12-18(20)25(17)13-14-7-3-2-4-8-14/h5-6,9-12,14,21,26H,2-4,7-8,13H2,1H3,(H2,24,27). The molecule has 1 aromatic heterocycles. The molecule has 2 aromatic carbocycles. The van der Waals surface area contributed by atoms with Gasteiger partial charge < -0.3 is 20.1 Å². The summed E-state index contributed by atoms with van der Waals surface area (Å²) in [7, 11) is 1.24. The molecular formula is C23H26N2O4. The zero-order chi connectivity index (χ0) is 20.5. The molecule has 1 aliphatic carbocycles. The number of ether oxygens (including phenoxy) is 1. The Balaban J connectivity index is 2.01. The number of benzene rings is 2. The average molecular weight is 394 g/mol. The zero-order valence-corrected chi connectivity index (χ0v) is 16.6. The van der Waals surface area contributed by atoms with Gasteiger partial charge in [-0.3, -0.25) is 4.79 Å². The van der Waals surface area contributed by atoms with Crippen molar-refractivity contribution < 1.29 is 19.4 Å². The quantitative estimate of drug-likeness (QED) is 0.646. The van der Waals surface area contributed by atoms with E-state index >= 15 is 0 Å². The number of aromatic nitrogens is 1. The molecule has 1 amide bonds. The Bertz CT molecular complexity index is 1080. The van der Waals surface area contributed by atoms with E-state index in [1.54, 1.807) is 12.1 Å². The second-order valence-electron chi connectivity index (χ2n) is 7.85. The minimum Gasteiger partial charge on any atom is -0.467 e. The van der Waals surface area contributed by atoms with Crippen molar-refractivity contribution in [3.63, 3.8) is 0 Å². The third-order valence-corrected chi connectivity index (χ3v) is 6.10. The molecule has 29 heavy (non-hydrogen) atoms. The van der Waals surface area contributed by atoms with Crippen molar-refractivity contribution in [1.29, 1.82) is 0 Å². The van der Waals surface area contributed by atoms with E-state index < -0.39 is 18.0 Å². The fourth-order valence-electron chi connectivity index (χ4n) is 4.71. The number of fused-ring (bicyclic) bond motifs is 3. The molecule has 1 saturated carbocycles. The van der Waals surface area contributed by atoms with Gasteiger partial charge in [-0.15, -0.1) is 0 Å². The van der Waals surface area contributed by atoms with Crippen molar-refractivity contribution in [2.45, 2.75) is 44.8 Å². The minimum absolute atomic E-state index is 0.388. The lowest BCUT2D eigenvalue weighted by Gasteiger charge is -2.23. The van der Waals surface area contributed by atoms with Crippen molar-refractivity contribution in [3.8, 4) is 0 Å². The number of methoxy groups -OCH3 is 1. The monoisotopic (exact) mass is 394 g/mol. The van der Waals surface area contributed by atoms with E-state index in [0.29, 0.717) is 27.8 Å². The number of amides is 1. The summed E-state index contributed by atoms with van der Waals surface area (Å²) in [5.74, 6) is -0.703. The molecule has 3 aromatic rings. The predicted octanol–water partition coefficient (Wildman–Crippen LogP) is 3.68. The Morgan fingerprint density at radius 2 is 1.76 bits per heavy atom. The molecule has 0 bridgehead atoms. The maximum Gasteiger partial charge on any atom is 0.339 e. The van der Waals surface area contributed by atoms with Gasteiger partial charge in [0.25, 0.3) is 0 Å². The smallest absolute Gasteiger partial charge is 0.339 e. The van der Waals surface area contributed by atoms with Crippen LogP contribution in [0.3, 0.4) is 0 Å². The highest BCUT2D eigenvalue weighted by Gasteiger charge is 2.26. The average Bonchev–Trinajstić information content (AvgIpc) is 3.07. The summed E-state index contributed by atoms with van der Waals surface area (Å²) < 4.78 is 6.95. The van der Waals surface area contributed by atoms with Crippen LogP contribution in [0, 0.1) is 5.92 Å². The number of nitrogens with two attached hydrogens (primary N) is 1. The topological polar surface area (TPSA) is 94.6 Å². The molecule has 1 fully saturated rings. The number of aliphatic hydroxyl groups is 1. The van der Waals surface area contributed by atoms with Gasteiger partial charge in [0.1, 0.15) is 0 Å². The van der Waals surface area contributed by atoms with Crippen LogP contribution in [0.4, 0.5) is 0 Å². The highest BCUT2D eigenvalue weighted by molar-refractivity contribution is 6.19. The van der Waals surface area contributed by atoms with Crippen LogP contribution < -0.4 is 5.73 Å². The van der Waals surface area contributed by atoms with E-state index in [2.05, 4.69) is 4.57 Å². The second kappa shape index (κ2) is 7.87. The first-order chi connectivity index (χ1) is 14.0. The van der Waals surface area contributed by atoms with Crippen LogP contribution in [-0.2, 0) is 16.1 Å². The number of rotatable bonds is 5. The Morgan fingerprint density at radius 3 is 2.41 bits per heavy atom. The molecule has 3 N–H and O–H groups in total. The van der Waals surface area contributed by atoms with E-state index in [1.165, 1.54) is 39.2 Å². The Labute approximate surface area is 169 Å². The van der Waals surface area contributed by atoms with Crippen molar-refractivity contribution in [1.82, 2.24) is 4.57 Å². The molecular weight excluding hydrogens is 368 g/mol. The SMILES string of the molecule is COC(=O)C(O)c1cccc2c1c1c(C(N)=O)cccc1n2CC1CCCCC1. The molecule has 152 valence electrons. The molecule has 1 aliphatic rings. The molecule has 0 spiro atoms. The first-order valence-corrected chi connectivity index (χ1v) is 10.1. The van der Waals surface area contributed by atoms with Crippen molar-refractivity contribution >= 4 is 33.7 Å². The summed E-state index contributed by atoms with van der Waals surface area (Å²) in [5.41, 5.74) is 8.27. The zero-order valence-electron chi connectivity index (χ0n) is 16.6. The Morgan fingerprint density at radius 1 is 1.10 bits per heavy atom. The largest absolute Gasteiger partial charge is 0.467 e. The third-order valence-electron chi connectivity index (χ3n) is 6.10. The molecule has 6 nitrogen and oxygen atoms in total. The fraction of sp³-hybridized carbons (Fsp3) is 0.391. The molecule has 1 atom stereocenters. The Hall–Kier alpha value is -2.86. The number of primary amides is 1. The number of hydrogen-bond donors (Lipinski definition) is 2. The number of carbonyl (C=O) groups excluding carboxylic acids is 2. The first-order valence-electron chi connectivity index (χ1n) is 10.1. The second-order valence-corrected chi connectivity index (χ2v) is 7.85. The van der Waals surface area contributed by atoms with Crippen molar-refractivity contribution in [2.75, 3.05) is 7.11 Å². The summed E-state index contributed by atoms with van der Waals surface area (Å²) in [6.45, 7) is 0.833. The van der Waals surface area contributed by atoms with E-state index in [0.717, 1.165) is 17.6 Å². The van der Waals surface area contributed by atoms with E-state index in [4.69, 9.17) is 10.5 Å². The van der Waals surface area contributed by atoms with Crippen LogP contribution in [0.1, 0.15) is 54.1 Å². The van der Waals surface area contributed by atoms with Gasteiger partial charge in [0.15, 0.2) is 6.10 Å². The summed E-state index contributed by atoms with van der Waals surface area (Å²) >= 11 is 0. The van der Waals surface area contributed by atoms with Gasteiger partial charge in [-0.1, -0.05) is 37.5 Å². The number of aliphatic hydroxyl groups excluding tert-OH is 1. The number of esters is 1. The van der Waals surface area contributed by atoms with Crippen LogP contribution in [0.2, 0.25) is 0 Å². The van der Waals surface area contributed by atoms with Crippen LogP contribution in [-0.4, -0.2) is 28.7 Å². The normalized spacial score (nSPS) is 16.2. The molecule has 0 radical (unpaired) electrons. The van der Waals surface area contributed by atoms with Gasteiger partial charge >= 0.3 is 5.97 Å². The van der Waals surface area contributed by atoms with Crippen LogP contribution in [0.25, 0.3) is 21.8 Å². The molecule has 1 heterocycles. The van der Waals surface area contributed by atoms with E-state index in [9.17, 15) is 14.7 Å². The van der Waals surface area contributed by atoms with E-state index in [-0.39, 0.29) is 0 Å². The minimum atomic E-state index is -1.43. The van der Waals surface area contributed by atoms with Gasteiger partial charge in [0.2, 0.25) is 5.91 Å². The predicted molar refractivity (Wildman–Crippen MR) is 112 cm³/mol. The molecule has 0 aliphatic heterocycles.